The molecule has 2 aromatic carbocycles. The summed E-state index contributed by atoms with van der Waals surface area (Å²) in [5, 5.41) is 6.69. The highest BCUT2D eigenvalue weighted by Crippen LogP contribution is 2.13. The first-order valence-electron chi connectivity index (χ1n) is 8.69. The number of hydrogen-bond acceptors (Lipinski definition) is 5. The van der Waals surface area contributed by atoms with Crippen molar-refractivity contribution in [3.8, 4) is 11.6 Å². The second kappa shape index (κ2) is 8.34. The van der Waals surface area contributed by atoms with Crippen LogP contribution < -0.4 is 21.3 Å². The second-order valence-electron chi connectivity index (χ2n) is 6.13. The van der Waals surface area contributed by atoms with Crippen molar-refractivity contribution in [3.05, 3.63) is 81.0 Å². The van der Waals surface area contributed by atoms with Crippen molar-refractivity contribution in [1.82, 2.24) is 14.3 Å². The van der Waals surface area contributed by atoms with Crippen molar-refractivity contribution in [2.24, 2.45) is 0 Å². The van der Waals surface area contributed by atoms with E-state index in [0.29, 0.717) is 17.8 Å². The summed E-state index contributed by atoms with van der Waals surface area (Å²) >= 11 is 0. The Morgan fingerprint density at radius 1 is 1.11 bits per heavy atom. The van der Waals surface area contributed by atoms with E-state index in [2.05, 4.69) is 10.4 Å². The fraction of sp³-hybridized carbons (Fsp3) is 0.200. The summed E-state index contributed by atoms with van der Waals surface area (Å²) in [6, 6.07) is 16.2. The van der Waals surface area contributed by atoms with Crippen LogP contribution in [-0.4, -0.2) is 27.4 Å². The van der Waals surface area contributed by atoms with E-state index < -0.39 is 11.2 Å². The Morgan fingerprint density at radius 3 is 2.54 bits per heavy atom. The van der Waals surface area contributed by atoms with E-state index in [9.17, 15) is 14.4 Å². The van der Waals surface area contributed by atoms with Crippen LogP contribution in [-0.2, 0) is 17.8 Å². The van der Waals surface area contributed by atoms with Crippen LogP contribution in [0.15, 0.2) is 64.2 Å². The fourth-order valence-electron chi connectivity index (χ4n) is 2.79. The number of hydrogen-bond donors (Lipinski definition) is 1. The van der Waals surface area contributed by atoms with Crippen LogP contribution in [0.5, 0.6) is 5.88 Å². The molecule has 3 rings (SSSR count). The van der Waals surface area contributed by atoms with Gasteiger partial charge in [0.15, 0.2) is 0 Å². The maximum atomic E-state index is 12.9. The summed E-state index contributed by atoms with van der Waals surface area (Å²) in [5.41, 5.74) is 0.755. The summed E-state index contributed by atoms with van der Waals surface area (Å²) in [6.07, 6.45) is 0.509. The number of nitrogens with zero attached hydrogens (tertiary/aromatic N) is 3. The van der Waals surface area contributed by atoms with Gasteiger partial charge in [0, 0.05) is 19.2 Å². The van der Waals surface area contributed by atoms with E-state index in [1.165, 1.54) is 14.0 Å². The van der Waals surface area contributed by atoms with Crippen LogP contribution in [0, 0.1) is 0 Å². The molecule has 1 N–H and O–H groups in total. The Balaban J connectivity index is 2.04. The van der Waals surface area contributed by atoms with Gasteiger partial charge in [-0.1, -0.05) is 36.4 Å². The Labute approximate surface area is 161 Å². The number of methoxy groups -OCH3 is 1. The van der Waals surface area contributed by atoms with Gasteiger partial charge in [-0.25, -0.2) is 4.79 Å². The number of carbonyl (C=O) groups excluding carboxylic acids is 1. The molecule has 0 unspecified atom stereocenters. The molecule has 1 heterocycles. The van der Waals surface area contributed by atoms with Crippen LogP contribution >= 0.6 is 0 Å². The molecular weight excluding hydrogens is 360 g/mol. The van der Waals surface area contributed by atoms with E-state index in [-0.39, 0.29) is 18.3 Å². The van der Waals surface area contributed by atoms with Gasteiger partial charge < -0.3 is 10.1 Å². The van der Waals surface area contributed by atoms with Gasteiger partial charge >= 0.3 is 11.2 Å². The highest BCUT2D eigenvalue weighted by molar-refractivity contribution is 5.88. The first-order chi connectivity index (χ1) is 13.5. The van der Waals surface area contributed by atoms with Gasteiger partial charge in [0.1, 0.15) is 0 Å². The van der Waals surface area contributed by atoms with Crippen molar-refractivity contribution >= 4 is 11.6 Å². The Hall–Kier alpha value is -3.68. The van der Waals surface area contributed by atoms with Crippen LogP contribution in [0.1, 0.15) is 12.5 Å². The van der Waals surface area contributed by atoms with Crippen LogP contribution in [0.4, 0.5) is 5.69 Å². The minimum absolute atomic E-state index is 0.183. The molecule has 0 aliphatic rings. The summed E-state index contributed by atoms with van der Waals surface area (Å²) in [6.45, 7) is 1.58. The molecule has 0 atom stereocenters. The van der Waals surface area contributed by atoms with Crippen molar-refractivity contribution in [2.75, 3.05) is 12.4 Å². The molecule has 0 spiro atoms. The molecule has 144 valence electrons. The summed E-state index contributed by atoms with van der Waals surface area (Å²) in [7, 11) is 1.33. The molecule has 0 saturated heterocycles. The molecule has 28 heavy (non-hydrogen) atoms. The third-order valence-electron chi connectivity index (χ3n) is 4.10. The lowest BCUT2D eigenvalue weighted by molar-refractivity contribution is -0.114. The van der Waals surface area contributed by atoms with Gasteiger partial charge in [-0.15, -0.1) is 5.10 Å². The topological polar surface area (TPSA) is 95.2 Å². The number of ether oxygens (including phenoxy) is 1. The largest absolute Gasteiger partial charge is 0.476 e. The van der Waals surface area contributed by atoms with E-state index in [0.717, 1.165) is 14.8 Å². The molecule has 0 fully saturated rings. The van der Waals surface area contributed by atoms with Crippen LogP contribution in [0.3, 0.4) is 0 Å². The van der Waals surface area contributed by atoms with E-state index >= 15 is 0 Å². The zero-order chi connectivity index (χ0) is 20.1. The average Bonchev–Trinajstić information content (AvgIpc) is 2.68. The number of aromatic nitrogens is 3. The third kappa shape index (κ3) is 4.17. The standard InChI is InChI=1S/C20H20N4O4/c1-14(25)21-16-9-6-10-17(13-16)24-20(27)23(19(26)18(22-24)28-2)12-11-15-7-4-3-5-8-15/h3-10,13H,11-12H2,1-2H3,(H,21,25). The molecular formula is C20H20N4O4. The molecule has 1 aromatic heterocycles. The van der Waals surface area contributed by atoms with Crippen molar-refractivity contribution in [1.29, 1.82) is 0 Å². The lowest BCUT2D eigenvalue weighted by Gasteiger charge is -2.12. The smallest absolute Gasteiger partial charge is 0.352 e. The predicted molar refractivity (Wildman–Crippen MR) is 105 cm³/mol. The number of aryl methyl sites for hydroxylation is 1. The number of benzene rings is 2. The number of nitrogens with one attached hydrogen (secondary N) is 1. The zero-order valence-corrected chi connectivity index (χ0v) is 15.6. The number of carbonyl (C=O) groups is 1. The van der Waals surface area contributed by atoms with Crippen molar-refractivity contribution < 1.29 is 9.53 Å². The van der Waals surface area contributed by atoms with Gasteiger partial charge in [-0.05, 0) is 30.2 Å². The summed E-state index contributed by atoms with van der Waals surface area (Å²) < 4.78 is 7.27. The highest BCUT2D eigenvalue weighted by Gasteiger charge is 2.15. The van der Waals surface area contributed by atoms with Gasteiger partial charge in [0.25, 0.3) is 5.88 Å². The minimum atomic E-state index is -0.585. The predicted octanol–water partition coefficient (Wildman–Crippen LogP) is 1.60. The Kier molecular flexibility index (Phi) is 5.69. The SMILES string of the molecule is COc1nn(-c2cccc(NC(C)=O)c2)c(=O)n(CCc2ccccc2)c1=O. The van der Waals surface area contributed by atoms with Crippen LogP contribution in [0.2, 0.25) is 0 Å². The third-order valence-corrected chi connectivity index (χ3v) is 4.10. The zero-order valence-electron chi connectivity index (χ0n) is 15.6. The lowest BCUT2D eigenvalue weighted by Crippen LogP contribution is -2.41. The highest BCUT2D eigenvalue weighted by atomic mass is 16.5. The summed E-state index contributed by atoms with van der Waals surface area (Å²) in [4.78, 5) is 36.8. The lowest BCUT2D eigenvalue weighted by atomic mass is 10.1. The first-order valence-corrected chi connectivity index (χ1v) is 8.69. The Morgan fingerprint density at radius 2 is 1.86 bits per heavy atom. The molecule has 8 heteroatoms. The maximum absolute atomic E-state index is 12.9. The fourth-order valence-corrected chi connectivity index (χ4v) is 2.79. The normalized spacial score (nSPS) is 10.5. The summed E-state index contributed by atoms with van der Waals surface area (Å²) in [5.74, 6) is -0.416. The molecule has 8 nitrogen and oxygen atoms in total. The van der Waals surface area contributed by atoms with Crippen molar-refractivity contribution in [3.63, 3.8) is 0 Å². The minimum Gasteiger partial charge on any atom is -0.476 e. The molecule has 0 bridgehead atoms. The molecule has 3 aromatic rings. The maximum Gasteiger partial charge on any atom is 0.352 e. The van der Waals surface area contributed by atoms with Crippen LogP contribution in [0.25, 0.3) is 5.69 Å². The molecule has 0 aliphatic carbocycles. The van der Waals surface area contributed by atoms with Gasteiger partial charge in [0.05, 0.1) is 12.8 Å². The quantitative estimate of drug-likeness (QED) is 0.701. The van der Waals surface area contributed by atoms with E-state index in [1.54, 1.807) is 24.3 Å². The van der Waals surface area contributed by atoms with Gasteiger partial charge in [-0.3, -0.25) is 14.2 Å². The molecule has 0 radical (unpaired) electrons. The number of amides is 1. The first kappa shape index (κ1) is 19.1. The molecule has 0 saturated carbocycles. The monoisotopic (exact) mass is 380 g/mol. The van der Waals surface area contributed by atoms with E-state index in [1.807, 2.05) is 30.3 Å². The molecule has 0 aliphatic heterocycles. The van der Waals surface area contributed by atoms with Gasteiger partial charge in [-0.2, -0.15) is 4.68 Å². The second-order valence-corrected chi connectivity index (χ2v) is 6.13. The van der Waals surface area contributed by atoms with E-state index in [4.69, 9.17) is 4.74 Å². The number of anilines is 1. The average molecular weight is 380 g/mol. The van der Waals surface area contributed by atoms with Gasteiger partial charge in [0.2, 0.25) is 5.91 Å². The molecule has 1 amide bonds. The van der Waals surface area contributed by atoms with Crippen molar-refractivity contribution in [2.45, 2.75) is 19.9 Å². The Bertz CT molecular complexity index is 1100. The number of rotatable bonds is 6.